The lowest BCUT2D eigenvalue weighted by Crippen LogP contribution is -2.20. The SMILES string of the molecule is CC1=CP2CC1(C)C(c1ccccc1)=C2C(C)(C)C. The van der Waals surface area contributed by atoms with Gasteiger partial charge in [0.1, 0.15) is 0 Å². The molecule has 2 aliphatic heterocycles. The van der Waals surface area contributed by atoms with Crippen molar-refractivity contribution in [3.05, 3.63) is 52.6 Å². The van der Waals surface area contributed by atoms with Crippen LogP contribution in [0.1, 0.15) is 40.2 Å². The van der Waals surface area contributed by atoms with Gasteiger partial charge in [-0.25, -0.2) is 0 Å². The van der Waals surface area contributed by atoms with Gasteiger partial charge >= 0.3 is 0 Å². The van der Waals surface area contributed by atoms with Gasteiger partial charge in [0.2, 0.25) is 0 Å². The van der Waals surface area contributed by atoms with E-state index in [0.717, 1.165) is 0 Å². The summed E-state index contributed by atoms with van der Waals surface area (Å²) in [7, 11) is -0.0536. The van der Waals surface area contributed by atoms with E-state index >= 15 is 0 Å². The number of benzene rings is 1. The molecule has 1 heteroatoms. The Morgan fingerprint density at radius 3 is 2.32 bits per heavy atom. The fraction of sp³-hybridized carbons (Fsp3) is 0.444. The van der Waals surface area contributed by atoms with Crippen molar-refractivity contribution in [3.63, 3.8) is 0 Å². The second-order valence-corrected chi connectivity index (χ2v) is 9.07. The van der Waals surface area contributed by atoms with Gasteiger partial charge in [-0.2, -0.15) is 0 Å². The van der Waals surface area contributed by atoms with E-state index in [0.29, 0.717) is 0 Å². The van der Waals surface area contributed by atoms with Crippen LogP contribution in [-0.2, 0) is 0 Å². The van der Waals surface area contributed by atoms with Crippen LogP contribution < -0.4 is 0 Å². The summed E-state index contributed by atoms with van der Waals surface area (Å²) in [5.41, 5.74) is 5.23. The third-order valence-electron chi connectivity index (χ3n) is 4.56. The topological polar surface area (TPSA) is 0 Å². The maximum atomic E-state index is 2.57. The number of fused-ring (bicyclic) bond motifs is 2. The van der Waals surface area contributed by atoms with Gasteiger partial charge in [-0.3, -0.25) is 0 Å². The van der Waals surface area contributed by atoms with Crippen LogP contribution in [0, 0.1) is 10.8 Å². The van der Waals surface area contributed by atoms with Gasteiger partial charge in [-0.15, -0.1) is 0 Å². The molecule has 0 aliphatic carbocycles. The third kappa shape index (κ3) is 1.84. The second kappa shape index (κ2) is 4.06. The Morgan fingerprint density at radius 2 is 1.74 bits per heavy atom. The van der Waals surface area contributed by atoms with Crippen molar-refractivity contribution in [2.75, 3.05) is 6.16 Å². The van der Waals surface area contributed by atoms with E-state index in [1.54, 1.807) is 16.5 Å². The van der Waals surface area contributed by atoms with Crippen LogP contribution in [0.25, 0.3) is 5.57 Å². The van der Waals surface area contributed by atoms with Crippen molar-refractivity contribution < 1.29 is 0 Å². The van der Waals surface area contributed by atoms with E-state index in [-0.39, 0.29) is 18.8 Å². The monoisotopic (exact) mass is 270 g/mol. The Hall–Kier alpha value is -0.870. The molecule has 2 unspecified atom stereocenters. The summed E-state index contributed by atoms with van der Waals surface area (Å²) in [6.45, 7) is 11.9. The lowest BCUT2D eigenvalue weighted by molar-refractivity contribution is 0.526. The largest absolute Gasteiger partial charge is 0.0622 e. The van der Waals surface area contributed by atoms with Crippen LogP contribution in [-0.4, -0.2) is 6.16 Å². The average molecular weight is 270 g/mol. The van der Waals surface area contributed by atoms with E-state index < -0.39 is 0 Å². The third-order valence-corrected chi connectivity index (χ3v) is 7.70. The van der Waals surface area contributed by atoms with E-state index in [1.165, 1.54) is 11.7 Å². The van der Waals surface area contributed by atoms with Gasteiger partial charge in [0.05, 0.1) is 0 Å². The summed E-state index contributed by atoms with van der Waals surface area (Å²) < 4.78 is 0. The Morgan fingerprint density at radius 1 is 1.11 bits per heavy atom. The van der Waals surface area contributed by atoms with Gasteiger partial charge in [-0.05, 0) is 35.0 Å². The maximum Gasteiger partial charge on any atom is 0.0188 e. The predicted molar refractivity (Wildman–Crippen MR) is 86.5 cm³/mol. The number of hydrogen-bond donors (Lipinski definition) is 0. The molecule has 2 bridgehead atoms. The minimum Gasteiger partial charge on any atom is -0.0622 e. The molecule has 0 N–H and O–H groups in total. The van der Waals surface area contributed by atoms with Crippen LogP contribution in [0.4, 0.5) is 0 Å². The minimum atomic E-state index is -0.0536. The van der Waals surface area contributed by atoms with E-state index in [2.05, 4.69) is 70.8 Å². The van der Waals surface area contributed by atoms with Crippen molar-refractivity contribution >= 4 is 13.5 Å². The maximum absolute atomic E-state index is 2.57. The zero-order valence-corrected chi connectivity index (χ0v) is 13.5. The summed E-state index contributed by atoms with van der Waals surface area (Å²) in [5, 5.41) is 1.72. The fourth-order valence-corrected chi connectivity index (χ4v) is 7.32. The molecule has 19 heavy (non-hydrogen) atoms. The standard InChI is InChI=1S/C18H23P/c1-13-11-19-12-18(13,5)15(16(19)17(2,3)4)14-9-7-6-8-10-14/h6-11H,12H2,1-5H3. The van der Waals surface area contributed by atoms with Gasteiger partial charge in [0.25, 0.3) is 0 Å². The van der Waals surface area contributed by atoms with Crippen molar-refractivity contribution in [1.29, 1.82) is 0 Å². The molecule has 0 amide bonds. The van der Waals surface area contributed by atoms with Crippen molar-refractivity contribution in [2.24, 2.45) is 10.8 Å². The van der Waals surface area contributed by atoms with Crippen LogP contribution in [0.3, 0.4) is 0 Å². The molecular formula is C18H23P. The zero-order chi connectivity index (χ0) is 13.8. The van der Waals surface area contributed by atoms with Crippen molar-refractivity contribution in [1.82, 2.24) is 0 Å². The summed E-state index contributed by atoms with van der Waals surface area (Å²) in [4.78, 5) is 0. The van der Waals surface area contributed by atoms with Gasteiger partial charge in [0, 0.05) is 5.41 Å². The van der Waals surface area contributed by atoms with Crippen molar-refractivity contribution in [3.8, 4) is 0 Å². The van der Waals surface area contributed by atoms with Crippen LogP contribution in [0.2, 0.25) is 0 Å². The quantitative estimate of drug-likeness (QED) is 0.560. The van der Waals surface area contributed by atoms with E-state index in [1.807, 2.05) is 0 Å². The molecule has 2 heterocycles. The number of rotatable bonds is 1. The molecule has 0 aromatic heterocycles. The molecule has 0 radical (unpaired) electrons. The summed E-state index contributed by atoms with van der Waals surface area (Å²) in [6.07, 6.45) is 1.34. The molecular weight excluding hydrogens is 247 g/mol. The highest BCUT2D eigenvalue weighted by Crippen LogP contribution is 2.74. The Labute approximate surface area is 118 Å². The molecule has 0 nitrogen and oxygen atoms in total. The predicted octanol–water partition coefficient (Wildman–Crippen LogP) is 5.86. The Balaban J connectivity index is 2.24. The van der Waals surface area contributed by atoms with Gasteiger partial charge < -0.3 is 0 Å². The smallest absolute Gasteiger partial charge is 0.0188 e. The van der Waals surface area contributed by atoms with Gasteiger partial charge in [-0.1, -0.05) is 77.3 Å². The molecule has 0 saturated carbocycles. The highest BCUT2D eigenvalue weighted by Gasteiger charge is 2.50. The van der Waals surface area contributed by atoms with E-state index in [9.17, 15) is 0 Å². The number of allylic oxidation sites excluding steroid dienone is 3. The molecule has 3 rings (SSSR count). The lowest BCUT2D eigenvalue weighted by Gasteiger charge is -2.33. The van der Waals surface area contributed by atoms with Gasteiger partial charge in [0.15, 0.2) is 0 Å². The normalized spacial score (nSPS) is 29.9. The molecule has 1 aromatic rings. The first-order chi connectivity index (χ1) is 8.84. The Kier molecular flexibility index (Phi) is 2.81. The Bertz CT molecular complexity index is 571. The van der Waals surface area contributed by atoms with E-state index in [4.69, 9.17) is 0 Å². The zero-order valence-electron chi connectivity index (χ0n) is 12.6. The summed E-state index contributed by atoms with van der Waals surface area (Å²) in [6, 6.07) is 11.0. The summed E-state index contributed by atoms with van der Waals surface area (Å²) >= 11 is 0. The average Bonchev–Trinajstić information content (AvgIpc) is 2.78. The lowest BCUT2D eigenvalue weighted by atomic mass is 9.73. The molecule has 2 atom stereocenters. The minimum absolute atomic E-state index is 0.0536. The molecule has 100 valence electrons. The fourth-order valence-electron chi connectivity index (χ4n) is 3.58. The molecule has 0 saturated heterocycles. The first-order valence-electron chi connectivity index (χ1n) is 7.10. The molecule has 0 spiro atoms. The highest BCUT2D eigenvalue weighted by molar-refractivity contribution is 7.66. The first kappa shape index (κ1) is 13.1. The summed E-state index contributed by atoms with van der Waals surface area (Å²) in [5.74, 6) is 2.57. The van der Waals surface area contributed by atoms with Crippen LogP contribution >= 0.6 is 7.92 Å². The molecule has 2 aliphatic rings. The molecule has 0 fully saturated rings. The van der Waals surface area contributed by atoms with Crippen molar-refractivity contribution in [2.45, 2.75) is 34.6 Å². The number of hydrogen-bond acceptors (Lipinski definition) is 0. The van der Waals surface area contributed by atoms with Crippen LogP contribution in [0.15, 0.2) is 47.0 Å². The van der Waals surface area contributed by atoms with Crippen LogP contribution in [0.5, 0.6) is 0 Å². The molecule has 1 aromatic carbocycles. The first-order valence-corrected chi connectivity index (χ1v) is 8.70. The second-order valence-electron chi connectivity index (χ2n) is 7.11. The highest BCUT2D eigenvalue weighted by atomic mass is 31.1.